The van der Waals surface area contributed by atoms with Crippen molar-refractivity contribution in [3.63, 3.8) is 0 Å². The zero-order valence-electron chi connectivity index (χ0n) is 13.9. The van der Waals surface area contributed by atoms with Gasteiger partial charge in [0.05, 0.1) is 10.7 Å². The smallest absolute Gasteiger partial charge is 0.233 e. The Morgan fingerprint density at radius 2 is 1.88 bits per heavy atom. The van der Waals surface area contributed by atoms with E-state index in [-0.39, 0.29) is 6.61 Å². The van der Waals surface area contributed by atoms with Crippen LogP contribution < -0.4 is 15.4 Å². The van der Waals surface area contributed by atoms with Crippen molar-refractivity contribution in [1.82, 2.24) is 9.97 Å². The molecule has 0 spiro atoms. The van der Waals surface area contributed by atoms with Crippen molar-refractivity contribution in [3.05, 3.63) is 70.8 Å². The van der Waals surface area contributed by atoms with E-state index >= 15 is 0 Å². The summed E-state index contributed by atoms with van der Waals surface area (Å²) >= 11 is 3.34. The maximum Gasteiger partial charge on any atom is 0.233 e. The summed E-state index contributed by atoms with van der Waals surface area (Å²) in [6.45, 7) is 0.900. The van der Waals surface area contributed by atoms with Gasteiger partial charge >= 0.3 is 0 Å². The van der Waals surface area contributed by atoms with Crippen LogP contribution >= 0.6 is 15.9 Å². The van der Waals surface area contributed by atoms with E-state index in [2.05, 4.69) is 54.6 Å². The number of nitrogens with zero attached hydrogens (tertiary/aromatic N) is 2. The number of halogens is 1. The first-order valence-corrected chi connectivity index (χ1v) is 8.77. The Morgan fingerprint density at radius 1 is 1.08 bits per heavy atom. The third-order valence-electron chi connectivity index (χ3n) is 3.46. The molecule has 130 valence electrons. The standard InChI is InChI=1S/C20H17BrN4O/c1-2-11-26-19-18(21)14-23-20(25-19)24-17-10-6-9-16(12-17)22-13-15-7-4-3-5-8-15/h1,3-10,12,14,22H,11,13H2,(H,23,24,25). The van der Waals surface area contributed by atoms with Gasteiger partial charge in [-0.25, -0.2) is 4.98 Å². The van der Waals surface area contributed by atoms with Crippen LogP contribution in [0.1, 0.15) is 5.56 Å². The fourth-order valence-electron chi connectivity index (χ4n) is 2.26. The fourth-order valence-corrected chi connectivity index (χ4v) is 2.56. The van der Waals surface area contributed by atoms with Crippen LogP contribution in [-0.2, 0) is 6.54 Å². The van der Waals surface area contributed by atoms with Gasteiger partial charge in [0.15, 0.2) is 6.61 Å². The minimum Gasteiger partial charge on any atom is -0.464 e. The quantitative estimate of drug-likeness (QED) is 0.559. The summed E-state index contributed by atoms with van der Waals surface area (Å²) in [7, 11) is 0. The summed E-state index contributed by atoms with van der Waals surface area (Å²) in [6, 6.07) is 18.2. The fraction of sp³-hybridized carbons (Fsp3) is 0.100. The highest BCUT2D eigenvalue weighted by Crippen LogP contribution is 2.24. The van der Waals surface area contributed by atoms with Crippen LogP contribution in [0.5, 0.6) is 5.88 Å². The van der Waals surface area contributed by atoms with Gasteiger partial charge in [0.2, 0.25) is 11.8 Å². The number of terminal acetylenes is 1. The minimum absolute atomic E-state index is 0.147. The molecule has 3 aromatic rings. The summed E-state index contributed by atoms with van der Waals surface area (Å²) in [4.78, 5) is 8.57. The van der Waals surface area contributed by atoms with Crippen LogP contribution in [0.4, 0.5) is 17.3 Å². The highest BCUT2D eigenvalue weighted by Gasteiger charge is 2.07. The lowest BCUT2D eigenvalue weighted by molar-refractivity contribution is 0.353. The molecule has 0 bridgehead atoms. The van der Waals surface area contributed by atoms with Crippen molar-refractivity contribution in [2.24, 2.45) is 0 Å². The minimum atomic E-state index is 0.147. The predicted molar refractivity (Wildman–Crippen MR) is 108 cm³/mol. The van der Waals surface area contributed by atoms with Crippen molar-refractivity contribution in [2.45, 2.75) is 6.54 Å². The third-order valence-corrected chi connectivity index (χ3v) is 4.01. The van der Waals surface area contributed by atoms with E-state index in [0.717, 1.165) is 17.9 Å². The van der Waals surface area contributed by atoms with Crippen LogP contribution in [-0.4, -0.2) is 16.6 Å². The molecule has 2 N–H and O–H groups in total. The summed E-state index contributed by atoms with van der Waals surface area (Å²) in [5.74, 6) is 3.25. The van der Waals surface area contributed by atoms with E-state index in [0.29, 0.717) is 16.3 Å². The molecule has 0 aliphatic carbocycles. The molecule has 2 aromatic carbocycles. The van der Waals surface area contributed by atoms with Gasteiger partial charge in [0.25, 0.3) is 0 Å². The number of ether oxygens (including phenoxy) is 1. The van der Waals surface area contributed by atoms with Gasteiger partial charge in [-0.05, 0) is 39.7 Å². The third kappa shape index (κ3) is 4.98. The summed E-state index contributed by atoms with van der Waals surface area (Å²) in [5, 5.41) is 6.57. The summed E-state index contributed by atoms with van der Waals surface area (Å²) in [6.07, 6.45) is 6.84. The van der Waals surface area contributed by atoms with Crippen molar-refractivity contribution in [3.8, 4) is 18.2 Å². The van der Waals surface area contributed by atoms with E-state index in [4.69, 9.17) is 11.2 Å². The molecule has 5 nitrogen and oxygen atoms in total. The molecule has 26 heavy (non-hydrogen) atoms. The SMILES string of the molecule is C#CCOc1nc(Nc2cccc(NCc3ccccc3)c2)ncc1Br. The number of anilines is 3. The maximum atomic E-state index is 5.39. The Hall–Kier alpha value is -3.04. The molecule has 0 atom stereocenters. The molecule has 6 heteroatoms. The second-order valence-corrected chi connectivity index (χ2v) is 6.24. The van der Waals surface area contributed by atoms with Crippen LogP contribution in [0.15, 0.2) is 65.3 Å². The molecule has 3 rings (SSSR count). The highest BCUT2D eigenvalue weighted by molar-refractivity contribution is 9.10. The maximum absolute atomic E-state index is 5.39. The normalized spacial score (nSPS) is 10.0. The summed E-state index contributed by atoms with van der Waals surface area (Å²) < 4.78 is 6.04. The number of aromatic nitrogens is 2. The van der Waals surface area contributed by atoms with E-state index in [1.54, 1.807) is 6.20 Å². The zero-order chi connectivity index (χ0) is 18.2. The average Bonchev–Trinajstić information content (AvgIpc) is 2.68. The monoisotopic (exact) mass is 408 g/mol. The molecular formula is C20H17BrN4O. The number of hydrogen-bond donors (Lipinski definition) is 2. The Balaban J connectivity index is 1.68. The van der Waals surface area contributed by atoms with Gasteiger partial charge in [-0.15, -0.1) is 6.42 Å². The van der Waals surface area contributed by atoms with Crippen molar-refractivity contribution in [2.75, 3.05) is 17.2 Å². The van der Waals surface area contributed by atoms with Gasteiger partial charge in [-0.2, -0.15) is 4.98 Å². The lowest BCUT2D eigenvalue weighted by atomic mass is 10.2. The van der Waals surface area contributed by atoms with Crippen LogP contribution in [0.25, 0.3) is 0 Å². The molecular weight excluding hydrogens is 392 g/mol. The number of benzene rings is 2. The molecule has 0 fully saturated rings. The topological polar surface area (TPSA) is 59.1 Å². The van der Waals surface area contributed by atoms with Crippen LogP contribution in [0.2, 0.25) is 0 Å². The predicted octanol–water partition coefficient (Wildman–Crippen LogP) is 4.61. The second-order valence-electron chi connectivity index (χ2n) is 5.38. The lowest BCUT2D eigenvalue weighted by Gasteiger charge is -2.11. The van der Waals surface area contributed by atoms with Crippen LogP contribution in [0, 0.1) is 12.3 Å². The molecule has 0 saturated heterocycles. The highest BCUT2D eigenvalue weighted by atomic mass is 79.9. The van der Waals surface area contributed by atoms with Gasteiger partial charge in [-0.3, -0.25) is 0 Å². The van der Waals surface area contributed by atoms with E-state index in [1.807, 2.05) is 42.5 Å². The average molecular weight is 409 g/mol. The first-order chi connectivity index (χ1) is 12.7. The molecule has 0 radical (unpaired) electrons. The number of nitrogens with one attached hydrogen (secondary N) is 2. The molecule has 0 aliphatic heterocycles. The molecule has 1 heterocycles. The van der Waals surface area contributed by atoms with Crippen molar-refractivity contribution < 1.29 is 4.74 Å². The number of hydrogen-bond acceptors (Lipinski definition) is 5. The van der Waals surface area contributed by atoms with Crippen molar-refractivity contribution >= 4 is 33.3 Å². The molecule has 1 aromatic heterocycles. The largest absolute Gasteiger partial charge is 0.464 e. The van der Waals surface area contributed by atoms with E-state index in [1.165, 1.54) is 5.56 Å². The Labute approximate surface area is 161 Å². The first-order valence-electron chi connectivity index (χ1n) is 7.98. The lowest BCUT2D eigenvalue weighted by Crippen LogP contribution is -2.03. The van der Waals surface area contributed by atoms with Gasteiger partial charge in [0, 0.05) is 17.9 Å². The van der Waals surface area contributed by atoms with Gasteiger partial charge in [-0.1, -0.05) is 42.3 Å². The Kier molecular flexibility index (Phi) is 6.07. The number of rotatable bonds is 7. The molecule has 0 amide bonds. The van der Waals surface area contributed by atoms with E-state index in [9.17, 15) is 0 Å². The molecule has 0 aliphatic rings. The van der Waals surface area contributed by atoms with Gasteiger partial charge in [0.1, 0.15) is 0 Å². The Morgan fingerprint density at radius 3 is 2.69 bits per heavy atom. The van der Waals surface area contributed by atoms with Crippen LogP contribution in [0.3, 0.4) is 0 Å². The van der Waals surface area contributed by atoms with E-state index < -0.39 is 0 Å². The first kappa shape index (κ1) is 17.8. The molecule has 0 unspecified atom stereocenters. The Bertz CT molecular complexity index is 909. The van der Waals surface area contributed by atoms with Crippen molar-refractivity contribution in [1.29, 1.82) is 0 Å². The zero-order valence-corrected chi connectivity index (χ0v) is 15.5. The molecule has 0 saturated carbocycles. The summed E-state index contributed by atoms with van der Waals surface area (Å²) in [5.41, 5.74) is 3.09. The second kappa shape index (κ2) is 8.88. The van der Waals surface area contributed by atoms with Gasteiger partial charge < -0.3 is 15.4 Å².